The molecule has 112 valence electrons. The van der Waals surface area contributed by atoms with Gasteiger partial charge in [0.15, 0.2) is 11.5 Å². The number of rotatable bonds is 5. The van der Waals surface area contributed by atoms with Crippen LogP contribution in [-0.4, -0.2) is 18.8 Å². The van der Waals surface area contributed by atoms with Crippen LogP contribution in [0.4, 0.5) is 0 Å². The minimum Gasteiger partial charge on any atom is -0.504 e. The smallest absolute Gasteiger partial charge is 0.160 e. The fourth-order valence-electron chi connectivity index (χ4n) is 2.72. The number of aryl methyl sites for hydroxylation is 2. The zero-order valence-electron chi connectivity index (χ0n) is 12.9. The summed E-state index contributed by atoms with van der Waals surface area (Å²) in [5.41, 5.74) is 10.9. The number of aromatic hydroxyl groups is 1. The van der Waals surface area contributed by atoms with E-state index in [4.69, 9.17) is 10.5 Å². The monoisotopic (exact) mass is 285 g/mol. The summed E-state index contributed by atoms with van der Waals surface area (Å²) in [6.07, 6.45) is 0.829. The van der Waals surface area contributed by atoms with Crippen molar-refractivity contribution in [1.82, 2.24) is 0 Å². The molecule has 2 rings (SSSR count). The second-order valence-corrected chi connectivity index (χ2v) is 5.56. The predicted molar refractivity (Wildman–Crippen MR) is 86.1 cm³/mol. The van der Waals surface area contributed by atoms with E-state index in [2.05, 4.69) is 32.0 Å². The molecule has 0 fully saturated rings. The van der Waals surface area contributed by atoms with Crippen molar-refractivity contribution in [2.45, 2.75) is 26.2 Å². The molecule has 0 amide bonds. The van der Waals surface area contributed by atoms with Crippen LogP contribution in [0.2, 0.25) is 0 Å². The Morgan fingerprint density at radius 2 is 1.76 bits per heavy atom. The first-order valence-corrected chi connectivity index (χ1v) is 7.17. The van der Waals surface area contributed by atoms with Crippen LogP contribution in [0.15, 0.2) is 36.4 Å². The zero-order chi connectivity index (χ0) is 15.4. The molecule has 3 nitrogen and oxygen atoms in total. The van der Waals surface area contributed by atoms with Gasteiger partial charge in [-0.2, -0.15) is 0 Å². The molecule has 1 unspecified atom stereocenters. The second-order valence-electron chi connectivity index (χ2n) is 5.56. The van der Waals surface area contributed by atoms with Gasteiger partial charge in [-0.05, 0) is 50.1 Å². The van der Waals surface area contributed by atoms with Crippen molar-refractivity contribution in [3.63, 3.8) is 0 Å². The van der Waals surface area contributed by atoms with E-state index in [-0.39, 0.29) is 11.7 Å². The molecule has 0 aliphatic carbocycles. The molecule has 0 bridgehead atoms. The van der Waals surface area contributed by atoms with Gasteiger partial charge in [-0.1, -0.05) is 35.4 Å². The Balaban J connectivity index is 2.26. The van der Waals surface area contributed by atoms with Crippen LogP contribution in [0, 0.1) is 13.8 Å². The van der Waals surface area contributed by atoms with Gasteiger partial charge in [-0.25, -0.2) is 0 Å². The molecule has 3 heteroatoms. The molecular formula is C18H23NO2. The molecule has 0 aromatic heterocycles. The maximum absolute atomic E-state index is 9.67. The molecule has 2 aromatic rings. The number of ether oxygens (including phenoxy) is 1. The topological polar surface area (TPSA) is 55.5 Å². The molecule has 0 spiro atoms. The first-order valence-electron chi connectivity index (χ1n) is 7.17. The first-order chi connectivity index (χ1) is 10.0. The molecule has 21 heavy (non-hydrogen) atoms. The normalized spacial score (nSPS) is 12.2. The lowest BCUT2D eigenvalue weighted by Gasteiger charge is -2.17. The Labute approximate surface area is 126 Å². The predicted octanol–water partition coefficient (Wildman–Crippen LogP) is 3.30. The lowest BCUT2D eigenvalue weighted by atomic mass is 9.90. The van der Waals surface area contributed by atoms with Crippen molar-refractivity contribution in [3.8, 4) is 11.5 Å². The van der Waals surface area contributed by atoms with Crippen LogP contribution in [0.5, 0.6) is 11.5 Å². The summed E-state index contributed by atoms with van der Waals surface area (Å²) in [6.45, 7) is 4.80. The average molecular weight is 285 g/mol. The van der Waals surface area contributed by atoms with E-state index in [9.17, 15) is 5.11 Å². The molecular weight excluding hydrogens is 262 g/mol. The Kier molecular flexibility index (Phi) is 4.86. The van der Waals surface area contributed by atoms with Crippen LogP contribution in [-0.2, 0) is 6.42 Å². The lowest BCUT2D eigenvalue weighted by Crippen LogP contribution is -2.15. The first kappa shape index (κ1) is 15.4. The fourth-order valence-corrected chi connectivity index (χ4v) is 2.72. The Morgan fingerprint density at radius 1 is 1.10 bits per heavy atom. The number of benzene rings is 2. The fraction of sp³-hybridized carbons (Fsp3) is 0.333. The molecule has 0 heterocycles. The van der Waals surface area contributed by atoms with Gasteiger partial charge in [-0.3, -0.25) is 0 Å². The van der Waals surface area contributed by atoms with Gasteiger partial charge in [0.2, 0.25) is 0 Å². The minimum absolute atomic E-state index is 0.164. The Hall–Kier alpha value is -2.00. The number of hydrogen-bond acceptors (Lipinski definition) is 3. The van der Waals surface area contributed by atoms with Crippen LogP contribution < -0.4 is 10.5 Å². The van der Waals surface area contributed by atoms with Crippen molar-refractivity contribution in [2.75, 3.05) is 13.7 Å². The highest BCUT2D eigenvalue weighted by molar-refractivity contribution is 5.42. The van der Waals surface area contributed by atoms with Gasteiger partial charge in [0.05, 0.1) is 7.11 Å². The molecule has 2 aromatic carbocycles. The van der Waals surface area contributed by atoms with E-state index in [0.717, 1.165) is 12.0 Å². The van der Waals surface area contributed by atoms with E-state index < -0.39 is 0 Å². The third kappa shape index (κ3) is 3.76. The SMILES string of the molecule is COc1cc(CC(CN)c2cc(C)cc(C)c2)ccc1O. The minimum atomic E-state index is 0.164. The van der Waals surface area contributed by atoms with Gasteiger partial charge in [0.1, 0.15) is 0 Å². The van der Waals surface area contributed by atoms with Gasteiger partial charge in [0.25, 0.3) is 0 Å². The van der Waals surface area contributed by atoms with E-state index in [0.29, 0.717) is 12.3 Å². The van der Waals surface area contributed by atoms with E-state index in [1.807, 2.05) is 12.1 Å². The Bertz CT molecular complexity index is 602. The maximum Gasteiger partial charge on any atom is 0.160 e. The van der Waals surface area contributed by atoms with Crippen molar-refractivity contribution < 1.29 is 9.84 Å². The summed E-state index contributed by atoms with van der Waals surface area (Å²) in [5.74, 6) is 0.929. The highest BCUT2D eigenvalue weighted by Crippen LogP contribution is 2.29. The second kappa shape index (κ2) is 6.64. The summed E-state index contributed by atoms with van der Waals surface area (Å²) in [7, 11) is 1.56. The molecule has 0 saturated carbocycles. The van der Waals surface area contributed by atoms with Crippen molar-refractivity contribution in [2.24, 2.45) is 5.73 Å². The van der Waals surface area contributed by atoms with Crippen LogP contribution in [0.3, 0.4) is 0 Å². The zero-order valence-corrected chi connectivity index (χ0v) is 12.9. The molecule has 0 aliphatic heterocycles. The number of hydrogen-bond donors (Lipinski definition) is 2. The van der Waals surface area contributed by atoms with Crippen molar-refractivity contribution >= 4 is 0 Å². The van der Waals surface area contributed by atoms with Crippen LogP contribution in [0.25, 0.3) is 0 Å². The summed E-state index contributed by atoms with van der Waals surface area (Å²) >= 11 is 0. The Morgan fingerprint density at radius 3 is 2.33 bits per heavy atom. The largest absolute Gasteiger partial charge is 0.504 e. The highest BCUT2D eigenvalue weighted by atomic mass is 16.5. The summed E-state index contributed by atoms with van der Waals surface area (Å²) in [5, 5.41) is 9.67. The van der Waals surface area contributed by atoms with Gasteiger partial charge >= 0.3 is 0 Å². The summed E-state index contributed by atoms with van der Waals surface area (Å²) in [4.78, 5) is 0. The lowest BCUT2D eigenvalue weighted by molar-refractivity contribution is 0.373. The third-order valence-electron chi connectivity index (χ3n) is 3.73. The van der Waals surface area contributed by atoms with Gasteiger partial charge in [-0.15, -0.1) is 0 Å². The van der Waals surface area contributed by atoms with Crippen molar-refractivity contribution in [3.05, 3.63) is 58.7 Å². The standard InChI is InChI=1S/C18H23NO2/c1-12-6-13(2)8-15(7-12)16(11-19)9-14-4-5-17(20)18(10-14)21-3/h4-8,10,16,20H,9,11,19H2,1-3H3. The maximum atomic E-state index is 9.67. The quantitative estimate of drug-likeness (QED) is 0.886. The average Bonchev–Trinajstić information content (AvgIpc) is 2.45. The summed E-state index contributed by atoms with van der Waals surface area (Å²) < 4.78 is 5.16. The molecule has 3 N–H and O–H groups in total. The van der Waals surface area contributed by atoms with E-state index >= 15 is 0 Å². The number of phenols is 1. The van der Waals surface area contributed by atoms with Crippen LogP contribution >= 0.6 is 0 Å². The van der Waals surface area contributed by atoms with Gasteiger partial charge < -0.3 is 15.6 Å². The van der Waals surface area contributed by atoms with Crippen LogP contribution in [0.1, 0.15) is 28.2 Å². The van der Waals surface area contributed by atoms with E-state index in [1.165, 1.54) is 16.7 Å². The number of phenolic OH excluding ortho intramolecular Hbond substituents is 1. The summed E-state index contributed by atoms with van der Waals surface area (Å²) in [6, 6.07) is 12.0. The molecule has 1 atom stereocenters. The highest BCUT2D eigenvalue weighted by Gasteiger charge is 2.13. The van der Waals surface area contributed by atoms with Crippen molar-refractivity contribution in [1.29, 1.82) is 0 Å². The molecule has 0 saturated heterocycles. The van der Waals surface area contributed by atoms with E-state index in [1.54, 1.807) is 13.2 Å². The third-order valence-corrected chi connectivity index (χ3v) is 3.73. The molecule has 0 radical (unpaired) electrons. The van der Waals surface area contributed by atoms with Gasteiger partial charge in [0, 0.05) is 5.92 Å². The molecule has 0 aliphatic rings. The number of nitrogens with two attached hydrogens (primary N) is 1. The number of methoxy groups -OCH3 is 1.